The van der Waals surface area contributed by atoms with Crippen LogP contribution in [-0.4, -0.2) is 40.7 Å². The summed E-state index contributed by atoms with van der Waals surface area (Å²) in [6.45, 7) is 1.33. The predicted molar refractivity (Wildman–Crippen MR) is 88.4 cm³/mol. The van der Waals surface area contributed by atoms with Gasteiger partial charge in [-0.1, -0.05) is 17.7 Å². The average molecular weight is 326 g/mol. The molecule has 0 fully saturated rings. The molecule has 1 amide bonds. The number of carbonyl (C=O) groups excluding carboxylic acids is 1. The van der Waals surface area contributed by atoms with Gasteiger partial charge in [0.05, 0.1) is 22.8 Å². The number of halogens is 1. The zero-order valence-electron chi connectivity index (χ0n) is 12.0. The van der Waals surface area contributed by atoms with Gasteiger partial charge in [-0.15, -0.1) is 0 Å². The fraction of sp³-hybridized carbons (Fsp3) is 0.125. The third-order valence-electron chi connectivity index (χ3n) is 3.69. The second-order valence-electron chi connectivity index (χ2n) is 5.12. The Morgan fingerprint density at radius 3 is 3.00 bits per heavy atom. The molecule has 23 heavy (non-hydrogen) atoms. The van der Waals surface area contributed by atoms with E-state index in [-0.39, 0.29) is 5.91 Å². The van der Waals surface area contributed by atoms with E-state index in [1.165, 1.54) is 6.20 Å². The van der Waals surface area contributed by atoms with E-state index >= 15 is 0 Å². The van der Waals surface area contributed by atoms with Gasteiger partial charge in [0.25, 0.3) is 5.91 Å². The molecule has 6 nitrogen and oxygen atoms in total. The number of guanidine groups is 1. The van der Waals surface area contributed by atoms with Crippen molar-refractivity contribution in [1.82, 2.24) is 15.2 Å². The quantitative estimate of drug-likeness (QED) is 0.874. The maximum atomic E-state index is 12.4. The van der Waals surface area contributed by atoms with E-state index in [4.69, 9.17) is 11.6 Å². The van der Waals surface area contributed by atoms with Gasteiger partial charge >= 0.3 is 0 Å². The minimum atomic E-state index is -0.265. The molecule has 114 valence electrons. The summed E-state index contributed by atoms with van der Waals surface area (Å²) in [5, 5.41) is 3.36. The molecule has 2 aliphatic rings. The van der Waals surface area contributed by atoms with E-state index in [1.807, 2.05) is 17.0 Å². The zero-order valence-corrected chi connectivity index (χ0v) is 12.8. The minimum absolute atomic E-state index is 0.265. The molecule has 2 aromatic rings. The van der Waals surface area contributed by atoms with Crippen LogP contribution in [0.4, 0.5) is 5.69 Å². The van der Waals surface area contributed by atoms with Gasteiger partial charge in [0.2, 0.25) is 5.96 Å². The number of carbonyl (C=O) groups is 1. The summed E-state index contributed by atoms with van der Waals surface area (Å²) in [7, 11) is 0. The lowest BCUT2D eigenvalue weighted by Gasteiger charge is -2.27. The Hall–Kier alpha value is -2.73. The number of benzene rings is 1. The summed E-state index contributed by atoms with van der Waals surface area (Å²) >= 11 is 6.25. The van der Waals surface area contributed by atoms with Gasteiger partial charge in [0, 0.05) is 24.5 Å². The van der Waals surface area contributed by atoms with Crippen molar-refractivity contribution in [3.05, 3.63) is 58.9 Å². The van der Waals surface area contributed by atoms with E-state index in [9.17, 15) is 4.79 Å². The Bertz CT molecular complexity index is 847. The summed E-state index contributed by atoms with van der Waals surface area (Å²) in [4.78, 5) is 27.3. The van der Waals surface area contributed by atoms with E-state index in [2.05, 4.69) is 20.3 Å². The summed E-state index contributed by atoms with van der Waals surface area (Å²) in [6.07, 6.45) is 3.13. The molecule has 1 aromatic heterocycles. The van der Waals surface area contributed by atoms with Crippen molar-refractivity contribution in [3.8, 4) is 0 Å². The number of rotatable bonds is 1. The van der Waals surface area contributed by atoms with E-state index in [1.54, 1.807) is 24.4 Å². The van der Waals surface area contributed by atoms with E-state index < -0.39 is 0 Å². The van der Waals surface area contributed by atoms with Crippen LogP contribution in [0, 0.1) is 0 Å². The van der Waals surface area contributed by atoms with Crippen LogP contribution in [-0.2, 0) is 0 Å². The molecule has 0 atom stereocenters. The van der Waals surface area contributed by atoms with Gasteiger partial charge in [-0.3, -0.25) is 25.0 Å². The number of fused-ring (bicyclic) bond motifs is 3. The van der Waals surface area contributed by atoms with Crippen molar-refractivity contribution in [2.75, 3.05) is 13.1 Å². The smallest absolute Gasteiger partial charge is 0.259 e. The second kappa shape index (κ2) is 5.48. The van der Waals surface area contributed by atoms with Crippen LogP contribution in [0.5, 0.6) is 0 Å². The van der Waals surface area contributed by atoms with Crippen LogP contribution in [0.25, 0.3) is 0 Å². The molecule has 7 heteroatoms. The molecule has 0 radical (unpaired) electrons. The fourth-order valence-electron chi connectivity index (χ4n) is 2.63. The molecule has 0 bridgehead atoms. The first-order valence-corrected chi connectivity index (χ1v) is 7.53. The highest BCUT2D eigenvalue weighted by atomic mass is 35.5. The number of amidine groups is 1. The normalized spacial score (nSPS) is 15.4. The Labute approximate surface area is 137 Å². The number of nitrogens with zero attached hydrogens (tertiary/aromatic N) is 4. The van der Waals surface area contributed by atoms with Crippen molar-refractivity contribution >= 4 is 35.0 Å². The first-order chi connectivity index (χ1) is 11.2. The Morgan fingerprint density at radius 2 is 2.17 bits per heavy atom. The molecule has 0 unspecified atom stereocenters. The zero-order chi connectivity index (χ0) is 15.8. The Kier molecular flexibility index (Phi) is 3.31. The second-order valence-corrected chi connectivity index (χ2v) is 5.53. The monoisotopic (exact) mass is 325 g/mol. The molecule has 0 saturated carbocycles. The van der Waals surface area contributed by atoms with Gasteiger partial charge in [0.15, 0.2) is 0 Å². The Balaban J connectivity index is 1.73. The Morgan fingerprint density at radius 1 is 1.26 bits per heavy atom. The number of aromatic nitrogens is 1. The van der Waals surface area contributed by atoms with Gasteiger partial charge in [-0.25, -0.2) is 4.99 Å². The lowest BCUT2D eigenvalue weighted by molar-refractivity contribution is 0.0973. The van der Waals surface area contributed by atoms with Crippen LogP contribution in [0.3, 0.4) is 0 Å². The number of para-hydroxylation sites is 1. The average Bonchev–Trinajstić information content (AvgIpc) is 3.07. The number of amides is 1. The standard InChI is InChI=1S/C16H12ClN5O/c17-12-5-1-4-11-13(12)20-16(22-8-7-19-14(11)22)21-15(23)10-3-2-6-18-9-10/h1-6,9H,7-8H2,(H,20,21,23). The highest BCUT2D eigenvalue weighted by Crippen LogP contribution is 2.34. The van der Waals surface area contributed by atoms with Gasteiger partial charge in [0.1, 0.15) is 5.84 Å². The predicted octanol–water partition coefficient (Wildman–Crippen LogP) is 2.23. The molecule has 3 heterocycles. The van der Waals surface area contributed by atoms with Crippen molar-refractivity contribution < 1.29 is 4.79 Å². The highest BCUT2D eigenvalue weighted by Gasteiger charge is 2.31. The van der Waals surface area contributed by atoms with Crippen LogP contribution < -0.4 is 5.32 Å². The van der Waals surface area contributed by atoms with Crippen LogP contribution in [0.15, 0.2) is 52.7 Å². The van der Waals surface area contributed by atoms with Crippen molar-refractivity contribution in [3.63, 3.8) is 0 Å². The SMILES string of the molecule is O=C(NC1=Nc2c(Cl)cccc2C2=NCCN12)c1cccnc1. The van der Waals surface area contributed by atoms with Gasteiger partial charge < -0.3 is 0 Å². The summed E-state index contributed by atoms with van der Waals surface area (Å²) < 4.78 is 0. The lowest BCUT2D eigenvalue weighted by atomic mass is 10.1. The molecule has 4 rings (SSSR count). The third kappa shape index (κ3) is 2.37. The number of pyridine rings is 1. The van der Waals surface area contributed by atoms with Crippen LogP contribution in [0.1, 0.15) is 15.9 Å². The molecular formula is C16H12ClN5O. The van der Waals surface area contributed by atoms with Gasteiger partial charge in [-0.05, 0) is 24.3 Å². The lowest BCUT2D eigenvalue weighted by Crippen LogP contribution is -2.47. The van der Waals surface area contributed by atoms with Crippen LogP contribution in [0.2, 0.25) is 5.02 Å². The molecule has 0 aliphatic carbocycles. The maximum absolute atomic E-state index is 12.4. The largest absolute Gasteiger partial charge is 0.294 e. The number of hydrogen-bond acceptors (Lipinski definition) is 5. The first-order valence-electron chi connectivity index (χ1n) is 7.15. The van der Waals surface area contributed by atoms with Crippen molar-refractivity contribution in [2.24, 2.45) is 9.98 Å². The van der Waals surface area contributed by atoms with E-state index in [0.29, 0.717) is 35.3 Å². The molecule has 0 saturated heterocycles. The van der Waals surface area contributed by atoms with Crippen LogP contribution >= 0.6 is 11.6 Å². The number of nitrogens with one attached hydrogen (secondary N) is 1. The maximum Gasteiger partial charge on any atom is 0.259 e. The topological polar surface area (TPSA) is 70.0 Å². The summed E-state index contributed by atoms with van der Waals surface area (Å²) in [5.41, 5.74) is 1.99. The molecular weight excluding hydrogens is 314 g/mol. The highest BCUT2D eigenvalue weighted by molar-refractivity contribution is 6.35. The van der Waals surface area contributed by atoms with E-state index in [0.717, 1.165) is 11.4 Å². The number of hydrogen-bond donors (Lipinski definition) is 1. The molecule has 2 aliphatic heterocycles. The molecule has 1 N–H and O–H groups in total. The summed E-state index contributed by atoms with van der Waals surface area (Å²) in [6, 6.07) is 8.99. The molecule has 0 spiro atoms. The minimum Gasteiger partial charge on any atom is -0.294 e. The van der Waals surface area contributed by atoms with Gasteiger partial charge in [-0.2, -0.15) is 0 Å². The third-order valence-corrected chi connectivity index (χ3v) is 4.00. The molecule has 1 aromatic carbocycles. The van der Waals surface area contributed by atoms with Crippen molar-refractivity contribution in [1.29, 1.82) is 0 Å². The summed E-state index contributed by atoms with van der Waals surface area (Å²) in [5.74, 6) is 0.966. The van der Waals surface area contributed by atoms with Crippen molar-refractivity contribution in [2.45, 2.75) is 0 Å². The number of aliphatic imine (C=N–C) groups is 2. The first kappa shape index (κ1) is 13.9. The fourth-order valence-corrected chi connectivity index (χ4v) is 2.84.